The summed E-state index contributed by atoms with van der Waals surface area (Å²) in [6.07, 6.45) is 0. The molecule has 6 nitrogen and oxygen atoms in total. The fourth-order valence-electron chi connectivity index (χ4n) is 4.05. The monoisotopic (exact) mass is 508 g/mol. The van der Waals surface area contributed by atoms with Gasteiger partial charge in [-0.15, -0.1) is 0 Å². The molecule has 3 aromatic rings. The van der Waals surface area contributed by atoms with Crippen LogP contribution in [0.4, 0.5) is 15.9 Å². The van der Waals surface area contributed by atoms with Gasteiger partial charge in [0.1, 0.15) is 24.9 Å². The molecule has 1 saturated heterocycles. The van der Waals surface area contributed by atoms with Crippen molar-refractivity contribution in [3.8, 4) is 11.8 Å². The number of halogens is 1. The molecule has 0 N–H and O–H groups in total. The molecule has 1 aromatic carbocycles. The zero-order chi connectivity index (χ0) is 25.5. The molecule has 1 aliphatic heterocycles. The number of hydrogen-bond acceptors (Lipinski definition) is 5. The van der Waals surface area contributed by atoms with Gasteiger partial charge in [0.25, 0.3) is 0 Å². The van der Waals surface area contributed by atoms with E-state index in [-0.39, 0.29) is 6.67 Å². The molecule has 192 valence electrons. The van der Waals surface area contributed by atoms with Gasteiger partial charge in [-0.05, 0) is 54.4 Å². The van der Waals surface area contributed by atoms with E-state index in [1.807, 2.05) is 36.2 Å². The molecule has 0 spiro atoms. The highest BCUT2D eigenvalue weighted by Crippen LogP contribution is 2.23. The third-order valence-corrected chi connectivity index (χ3v) is 8.05. The quantitative estimate of drug-likeness (QED) is 0.231. The van der Waals surface area contributed by atoms with Crippen LogP contribution < -0.4 is 9.80 Å². The summed E-state index contributed by atoms with van der Waals surface area (Å²) in [6, 6.07) is 15.3. The van der Waals surface area contributed by atoms with Gasteiger partial charge in [0.2, 0.25) is 0 Å². The Morgan fingerprint density at radius 2 is 1.83 bits per heavy atom. The van der Waals surface area contributed by atoms with E-state index in [0.29, 0.717) is 13.3 Å². The van der Waals surface area contributed by atoms with Crippen molar-refractivity contribution in [2.24, 2.45) is 0 Å². The number of ether oxygens (including phenoxy) is 2. The zero-order valence-electron chi connectivity index (χ0n) is 21.9. The fourth-order valence-corrected chi connectivity index (χ4v) is 4.80. The van der Waals surface area contributed by atoms with E-state index in [1.54, 1.807) is 0 Å². The van der Waals surface area contributed by atoms with Crippen LogP contribution in [0.2, 0.25) is 25.7 Å². The van der Waals surface area contributed by atoms with Crippen molar-refractivity contribution >= 4 is 30.6 Å². The third-order valence-electron chi connectivity index (χ3n) is 6.34. The molecule has 1 aliphatic rings. The van der Waals surface area contributed by atoms with E-state index in [4.69, 9.17) is 14.5 Å². The summed E-state index contributed by atoms with van der Waals surface area (Å²) in [6.45, 7) is 11.4. The number of aromatic nitrogens is 2. The van der Waals surface area contributed by atoms with E-state index < -0.39 is 8.07 Å². The molecule has 1 fully saturated rings. The Morgan fingerprint density at radius 1 is 1.08 bits per heavy atom. The Bertz CT molecular complexity index is 1200. The topological polar surface area (TPSA) is 42.8 Å². The molecular formula is C28H37FN4O2Si. The van der Waals surface area contributed by atoms with Gasteiger partial charge in [-0.1, -0.05) is 25.6 Å². The number of pyridine rings is 1. The number of fused-ring (bicyclic) bond motifs is 1. The standard InChI is InChI=1S/C28H37FN4O2Si/c1-31(14-13-29)25-9-5-23(6-10-25)7-11-26-21-24-8-12-27(32-15-17-34-18-16-32)30-28(24)33(26)22-35-19-20-36(2,3)4/h5-6,8-10,12,21H,13-20,22H2,1-4H3. The molecule has 0 radical (unpaired) electrons. The molecule has 0 amide bonds. The van der Waals surface area contributed by atoms with Gasteiger partial charge < -0.3 is 19.3 Å². The highest BCUT2D eigenvalue weighted by molar-refractivity contribution is 6.76. The fraction of sp³-hybridized carbons (Fsp3) is 0.464. The first-order valence-corrected chi connectivity index (χ1v) is 16.3. The number of hydrogen-bond donors (Lipinski definition) is 0. The van der Waals surface area contributed by atoms with Crippen molar-refractivity contribution in [1.82, 2.24) is 9.55 Å². The molecule has 0 atom stereocenters. The summed E-state index contributed by atoms with van der Waals surface area (Å²) in [5.41, 5.74) is 3.65. The SMILES string of the molecule is CN(CCF)c1ccc(C#Cc2cc3ccc(N4CCOCC4)nc3n2COCC[Si](C)(C)C)cc1. The van der Waals surface area contributed by atoms with Gasteiger partial charge in [0, 0.05) is 58.0 Å². The van der Waals surface area contributed by atoms with Crippen LogP contribution in [0.5, 0.6) is 0 Å². The molecule has 36 heavy (non-hydrogen) atoms. The number of anilines is 2. The average molecular weight is 509 g/mol. The van der Waals surface area contributed by atoms with Crippen LogP contribution in [0.25, 0.3) is 11.0 Å². The van der Waals surface area contributed by atoms with Crippen LogP contribution in [-0.4, -0.2) is 70.8 Å². The van der Waals surface area contributed by atoms with Gasteiger partial charge in [-0.25, -0.2) is 9.37 Å². The summed E-state index contributed by atoms with van der Waals surface area (Å²) in [5.74, 6) is 7.59. The van der Waals surface area contributed by atoms with Crippen molar-refractivity contribution in [1.29, 1.82) is 0 Å². The summed E-state index contributed by atoms with van der Waals surface area (Å²) in [7, 11) is 0.712. The second-order valence-corrected chi connectivity index (χ2v) is 16.0. The number of alkyl halides is 1. The lowest BCUT2D eigenvalue weighted by atomic mass is 10.2. The van der Waals surface area contributed by atoms with Crippen molar-refractivity contribution in [3.05, 3.63) is 53.7 Å². The minimum Gasteiger partial charge on any atom is -0.378 e. The highest BCUT2D eigenvalue weighted by Gasteiger charge is 2.16. The van der Waals surface area contributed by atoms with Crippen LogP contribution in [0, 0.1) is 11.8 Å². The maximum atomic E-state index is 12.7. The summed E-state index contributed by atoms with van der Waals surface area (Å²) in [5, 5.41) is 1.05. The number of benzene rings is 1. The first kappa shape index (κ1) is 26.2. The summed E-state index contributed by atoms with van der Waals surface area (Å²) < 4.78 is 26.4. The molecule has 0 aliphatic carbocycles. The lowest BCUT2D eigenvalue weighted by Crippen LogP contribution is -2.36. The summed E-state index contributed by atoms with van der Waals surface area (Å²) >= 11 is 0. The molecule has 2 aromatic heterocycles. The predicted molar refractivity (Wildman–Crippen MR) is 149 cm³/mol. The van der Waals surface area contributed by atoms with Crippen molar-refractivity contribution in [2.45, 2.75) is 32.4 Å². The molecule has 0 bridgehead atoms. The second-order valence-electron chi connectivity index (χ2n) is 10.4. The van der Waals surface area contributed by atoms with Crippen molar-refractivity contribution in [3.63, 3.8) is 0 Å². The van der Waals surface area contributed by atoms with E-state index in [2.05, 4.69) is 59.1 Å². The normalized spacial score (nSPS) is 14.1. The van der Waals surface area contributed by atoms with Crippen LogP contribution in [0.1, 0.15) is 11.3 Å². The highest BCUT2D eigenvalue weighted by atomic mass is 28.3. The van der Waals surface area contributed by atoms with Crippen molar-refractivity contribution < 1.29 is 13.9 Å². The van der Waals surface area contributed by atoms with E-state index in [0.717, 1.165) is 72.8 Å². The molecule has 8 heteroatoms. The van der Waals surface area contributed by atoms with Crippen LogP contribution in [0.15, 0.2) is 42.5 Å². The second kappa shape index (κ2) is 11.9. The van der Waals surface area contributed by atoms with Crippen LogP contribution >= 0.6 is 0 Å². The smallest absolute Gasteiger partial charge is 0.145 e. The van der Waals surface area contributed by atoms with Gasteiger partial charge in [0.05, 0.1) is 18.9 Å². The Labute approximate surface area is 215 Å². The Hall–Kier alpha value is -2.86. The zero-order valence-corrected chi connectivity index (χ0v) is 22.9. The number of rotatable bonds is 9. The first-order chi connectivity index (χ1) is 17.3. The molecular weight excluding hydrogens is 471 g/mol. The average Bonchev–Trinajstić information content (AvgIpc) is 3.22. The van der Waals surface area contributed by atoms with Gasteiger partial charge in [-0.3, -0.25) is 4.57 Å². The van der Waals surface area contributed by atoms with Gasteiger partial charge >= 0.3 is 0 Å². The lowest BCUT2D eigenvalue weighted by molar-refractivity contribution is 0.0894. The first-order valence-electron chi connectivity index (χ1n) is 12.6. The van der Waals surface area contributed by atoms with Crippen LogP contribution in [0.3, 0.4) is 0 Å². The maximum Gasteiger partial charge on any atom is 0.145 e. The minimum absolute atomic E-state index is 0.371. The largest absolute Gasteiger partial charge is 0.378 e. The Balaban J connectivity index is 1.61. The maximum absolute atomic E-state index is 12.7. The number of nitrogens with zero attached hydrogens (tertiary/aromatic N) is 4. The van der Waals surface area contributed by atoms with Crippen LogP contribution in [-0.2, 0) is 16.2 Å². The third kappa shape index (κ3) is 6.87. The Morgan fingerprint density at radius 3 is 2.53 bits per heavy atom. The van der Waals surface area contributed by atoms with Gasteiger partial charge in [-0.2, -0.15) is 0 Å². The number of morpholine rings is 1. The Kier molecular flexibility index (Phi) is 8.67. The predicted octanol–water partition coefficient (Wildman–Crippen LogP) is 4.99. The molecule has 0 saturated carbocycles. The van der Waals surface area contributed by atoms with E-state index in [1.165, 1.54) is 0 Å². The van der Waals surface area contributed by atoms with E-state index in [9.17, 15) is 4.39 Å². The summed E-state index contributed by atoms with van der Waals surface area (Å²) in [4.78, 5) is 9.17. The molecule has 3 heterocycles. The van der Waals surface area contributed by atoms with Crippen molar-refractivity contribution in [2.75, 3.05) is 63.0 Å². The van der Waals surface area contributed by atoms with Gasteiger partial charge in [0.15, 0.2) is 0 Å². The minimum atomic E-state index is -1.18. The van der Waals surface area contributed by atoms with E-state index >= 15 is 0 Å². The molecule has 0 unspecified atom stereocenters. The lowest BCUT2D eigenvalue weighted by Gasteiger charge is -2.27. The molecule has 4 rings (SSSR count).